The van der Waals surface area contributed by atoms with Crippen molar-refractivity contribution in [3.05, 3.63) is 35.2 Å². The van der Waals surface area contributed by atoms with Crippen molar-refractivity contribution in [2.75, 3.05) is 20.7 Å². The molecule has 0 radical (unpaired) electrons. The van der Waals surface area contributed by atoms with Crippen LogP contribution in [0.5, 0.6) is 0 Å². The molecule has 0 fully saturated rings. The van der Waals surface area contributed by atoms with Crippen molar-refractivity contribution in [3.63, 3.8) is 0 Å². The maximum atomic E-state index is 12.9. The molecule has 0 saturated carbocycles. The lowest BCUT2D eigenvalue weighted by molar-refractivity contribution is -0.141. The van der Waals surface area contributed by atoms with Gasteiger partial charge < -0.3 is 10.4 Å². The Bertz CT molecular complexity index is 617. The first-order chi connectivity index (χ1) is 10.6. The van der Waals surface area contributed by atoms with Gasteiger partial charge in [-0.25, -0.2) is 14.8 Å². The third kappa shape index (κ3) is 5.58. The van der Waals surface area contributed by atoms with E-state index in [1.54, 1.807) is 0 Å². The summed E-state index contributed by atoms with van der Waals surface area (Å²) in [6, 6.07) is 1.76. The predicted octanol–water partition coefficient (Wildman–Crippen LogP) is 2.01. The molecule has 0 unspecified atom stereocenters. The number of nitrogens with zero attached hydrogens (tertiary/aromatic N) is 2. The number of carbonyl (C=O) groups is 2. The zero-order chi connectivity index (χ0) is 17.6. The summed E-state index contributed by atoms with van der Waals surface area (Å²) in [5.74, 6) is -0.779. The number of pyridine rings is 1. The smallest absolute Gasteiger partial charge is 0.433 e. The highest BCUT2D eigenvalue weighted by Crippen LogP contribution is 2.29. The van der Waals surface area contributed by atoms with Crippen molar-refractivity contribution < 1.29 is 32.7 Å². The first-order valence-electron chi connectivity index (χ1n) is 6.20. The highest BCUT2D eigenvalue weighted by molar-refractivity contribution is 5.94. The van der Waals surface area contributed by atoms with Crippen LogP contribution in [0.3, 0.4) is 0 Å². The van der Waals surface area contributed by atoms with Gasteiger partial charge in [0.25, 0.3) is 5.91 Å². The molecule has 0 aliphatic rings. The van der Waals surface area contributed by atoms with Crippen LogP contribution in [-0.2, 0) is 11.0 Å². The molecule has 1 heterocycles. The van der Waals surface area contributed by atoms with E-state index in [0.717, 1.165) is 11.1 Å². The highest BCUT2D eigenvalue weighted by Gasteiger charge is 2.34. The van der Waals surface area contributed by atoms with Crippen LogP contribution in [-0.4, -0.2) is 47.9 Å². The summed E-state index contributed by atoms with van der Waals surface area (Å²) in [7, 11) is 2.45. The van der Waals surface area contributed by atoms with E-state index in [4.69, 9.17) is 5.11 Å². The quantitative estimate of drug-likeness (QED) is 0.804. The molecule has 2 N–H and O–H groups in total. The normalized spacial score (nSPS) is 11.5. The molecule has 1 aromatic heterocycles. The van der Waals surface area contributed by atoms with Crippen LogP contribution < -0.4 is 5.32 Å². The second kappa shape index (κ2) is 7.58. The average molecular weight is 333 g/mol. The van der Waals surface area contributed by atoms with Crippen LogP contribution in [0.15, 0.2) is 18.2 Å². The lowest BCUT2D eigenvalue weighted by Crippen LogP contribution is -2.26. The van der Waals surface area contributed by atoms with Gasteiger partial charge in [0.2, 0.25) is 0 Å². The van der Waals surface area contributed by atoms with E-state index in [0.29, 0.717) is 6.07 Å². The Balaban J connectivity index is 3.15. The number of carbonyl (C=O) groups excluding carboxylic acids is 1. The van der Waals surface area contributed by atoms with Gasteiger partial charge >= 0.3 is 12.3 Å². The van der Waals surface area contributed by atoms with Crippen molar-refractivity contribution in [2.45, 2.75) is 6.18 Å². The number of rotatable bonds is 5. The predicted molar refractivity (Wildman–Crippen MR) is 73.4 cm³/mol. The second-order valence-corrected chi connectivity index (χ2v) is 4.24. The maximum Gasteiger partial charge on any atom is 0.433 e. The van der Waals surface area contributed by atoms with Gasteiger partial charge in [-0.3, -0.25) is 9.63 Å². The van der Waals surface area contributed by atoms with Gasteiger partial charge in [0.05, 0.1) is 12.8 Å². The molecule has 2 amide bonds. The summed E-state index contributed by atoms with van der Waals surface area (Å²) in [6.07, 6.45) is -3.56. The fourth-order valence-electron chi connectivity index (χ4n) is 1.50. The number of aromatic nitrogens is 1. The van der Waals surface area contributed by atoms with E-state index in [1.807, 2.05) is 5.32 Å². The van der Waals surface area contributed by atoms with E-state index in [-0.39, 0.29) is 17.8 Å². The van der Waals surface area contributed by atoms with E-state index in [2.05, 4.69) is 9.82 Å². The summed E-state index contributed by atoms with van der Waals surface area (Å²) in [5.41, 5.74) is -1.64. The third-order valence-corrected chi connectivity index (χ3v) is 2.60. The van der Waals surface area contributed by atoms with Crippen LogP contribution in [0, 0.1) is 0 Å². The van der Waals surface area contributed by atoms with E-state index >= 15 is 0 Å². The van der Waals surface area contributed by atoms with E-state index < -0.39 is 23.9 Å². The number of halogens is 3. The van der Waals surface area contributed by atoms with E-state index in [1.165, 1.54) is 26.3 Å². The zero-order valence-corrected chi connectivity index (χ0v) is 12.2. The molecule has 0 bridgehead atoms. The molecule has 0 saturated heterocycles. The van der Waals surface area contributed by atoms with Crippen LogP contribution in [0.2, 0.25) is 0 Å². The summed E-state index contributed by atoms with van der Waals surface area (Å²) >= 11 is 0. The first kappa shape index (κ1) is 18.4. The van der Waals surface area contributed by atoms with Crippen molar-refractivity contribution in [1.82, 2.24) is 15.4 Å². The second-order valence-electron chi connectivity index (χ2n) is 4.24. The largest absolute Gasteiger partial charge is 0.465 e. The van der Waals surface area contributed by atoms with Gasteiger partial charge in [-0.1, -0.05) is 6.08 Å². The molecular weight excluding hydrogens is 319 g/mol. The molecule has 0 spiro atoms. The van der Waals surface area contributed by atoms with Gasteiger partial charge in [-0.05, 0) is 18.2 Å². The van der Waals surface area contributed by atoms with Crippen LogP contribution in [0.4, 0.5) is 18.0 Å². The Hall–Kier alpha value is -2.62. The molecule has 1 aromatic rings. The topological polar surface area (TPSA) is 91.8 Å². The molecule has 0 aliphatic heterocycles. The molecule has 0 atom stereocenters. The lowest BCUT2D eigenvalue weighted by Gasteiger charge is -2.15. The summed E-state index contributed by atoms with van der Waals surface area (Å²) in [6.45, 7) is -0.117. The van der Waals surface area contributed by atoms with Gasteiger partial charge in [0.15, 0.2) is 0 Å². The number of nitrogens with one attached hydrogen (secondary N) is 1. The van der Waals surface area contributed by atoms with Crippen LogP contribution in [0.1, 0.15) is 21.7 Å². The number of amides is 2. The molecule has 0 aliphatic carbocycles. The van der Waals surface area contributed by atoms with Crippen molar-refractivity contribution in [1.29, 1.82) is 0 Å². The van der Waals surface area contributed by atoms with Crippen LogP contribution in [0.25, 0.3) is 6.08 Å². The summed E-state index contributed by atoms with van der Waals surface area (Å²) in [5, 5.41) is 11.2. The fourth-order valence-corrected chi connectivity index (χ4v) is 1.50. The minimum Gasteiger partial charge on any atom is -0.465 e. The molecule has 0 aromatic carbocycles. The molecule has 7 nitrogen and oxygen atoms in total. The van der Waals surface area contributed by atoms with Crippen molar-refractivity contribution in [3.8, 4) is 0 Å². The maximum absolute atomic E-state index is 12.9. The van der Waals surface area contributed by atoms with Gasteiger partial charge in [0.1, 0.15) is 5.69 Å². The molecule has 23 heavy (non-hydrogen) atoms. The Labute approximate surface area is 129 Å². The Kier molecular flexibility index (Phi) is 6.08. The van der Waals surface area contributed by atoms with Crippen molar-refractivity contribution in [2.24, 2.45) is 0 Å². The summed E-state index contributed by atoms with van der Waals surface area (Å²) in [4.78, 5) is 30.2. The van der Waals surface area contributed by atoms with Crippen molar-refractivity contribution >= 4 is 18.1 Å². The average Bonchev–Trinajstić information content (AvgIpc) is 2.48. The van der Waals surface area contributed by atoms with Gasteiger partial charge in [0, 0.05) is 19.2 Å². The first-order valence-corrected chi connectivity index (χ1v) is 6.20. The monoisotopic (exact) mass is 333 g/mol. The number of hydroxylamine groups is 2. The molecule has 126 valence electrons. The Morgan fingerprint density at radius 2 is 2.09 bits per heavy atom. The molecule has 1 rings (SSSR count). The standard InChI is InChI=1S/C13H14F3N3O4/c1-19(23-2)11(20)8-6-9(4-3-5-17-12(21)22)18-10(7-8)13(14,15)16/h3-4,6-7,17H,5H2,1-2H3,(H,21,22)/b4-3+. The van der Waals surface area contributed by atoms with Crippen LogP contribution >= 0.6 is 0 Å². The number of hydrogen-bond donors (Lipinski definition) is 2. The highest BCUT2D eigenvalue weighted by atomic mass is 19.4. The van der Waals surface area contributed by atoms with Gasteiger partial charge in [-0.2, -0.15) is 13.2 Å². The fraction of sp³-hybridized carbons (Fsp3) is 0.308. The zero-order valence-electron chi connectivity index (χ0n) is 12.2. The summed E-state index contributed by atoms with van der Waals surface area (Å²) < 4.78 is 38.6. The number of alkyl halides is 3. The SMILES string of the molecule is CON(C)C(=O)c1cc(/C=C/CNC(=O)O)nc(C(F)(F)F)c1. The van der Waals surface area contributed by atoms with E-state index in [9.17, 15) is 22.8 Å². The number of hydrogen-bond acceptors (Lipinski definition) is 4. The minimum atomic E-state index is -4.73. The van der Waals surface area contributed by atoms with Gasteiger partial charge in [-0.15, -0.1) is 0 Å². The molecular formula is C13H14F3N3O4. The minimum absolute atomic E-state index is 0.117. The number of carboxylic acid groups (broad SMARTS) is 1. The lowest BCUT2D eigenvalue weighted by atomic mass is 10.1. The third-order valence-electron chi connectivity index (χ3n) is 2.60. The Morgan fingerprint density at radius 3 is 2.61 bits per heavy atom. The Morgan fingerprint density at radius 1 is 1.43 bits per heavy atom. The molecule has 10 heteroatoms.